The third-order valence-corrected chi connectivity index (χ3v) is 2.50. The predicted octanol–water partition coefficient (Wildman–Crippen LogP) is 1.21. The highest BCUT2D eigenvalue weighted by Gasteiger charge is 2.17. The maximum atomic E-state index is 9.52. The quantitative estimate of drug-likeness (QED) is 0.604. The lowest BCUT2D eigenvalue weighted by Gasteiger charge is -2.21. The first-order chi connectivity index (χ1) is 5.77. The van der Waals surface area contributed by atoms with Gasteiger partial charge in [0.05, 0.1) is 0 Å². The van der Waals surface area contributed by atoms with E-state index in [0.29, 0.717) is 5.75 Å². The number of rotatable bonds is 0. The molecule has 64 valence electrons. The van der Waals surface area contributed by atoms with Crippen molar-refractivity contribution in [3.8, 4) is 5.75 Å². The molecule has 3 N–H and O–H groups in total. The molecule has 0 spiro atoms. The Bertz CT molecular complexity index is 296. The Morgan fingerprint density at radius 2 is 2.25 bits per heavy atom. The van der Waals surface area contributed by atoms with E-state index < -0.39 is 0 Å². The van der Waals surface area contributed by atoms with Gasteiger partial charge in [0.2, 0.25) is 0 Å². The molecule has 2 nitrogen and oxygen atoms in total. The molecule has 0 aromatic heterocycles. The Hall–Kier alpha value is -1.02. The van der Waals surface area contributed by atoms with Gasteiger partial charge in [-0.15, -0.1) is 0 Å². The average molecular weight is 163 g/mol. The van der Waals surface area contributed by atoms with Gasteiger partial charge >= 0.3 is 0 Å². The lowest BCUT2D eigenvalue weighted by molar-refractivity contribution is 0.455. The number of phenols is 1. The van der Waals surface area contributed by atoms with Crippen LogP contribution in [0.1, 0.15) is 17.5 Å². The van der Waals surface area contributed by atoms with Crippen molar-refractivity contribution in [2.45, 2.75) is 25.3 Å². The lowest BCUT2D eigenvalue weighted by atomic mass is 9.88. The van der Waals surface area contributed by atoms with E-state index in [2.05, 4.69) is 6.07 Å². The van der Waals surface area contributed by atoms with Gasteiger partial charge < -0.3 is 10.8 Å². The summed E-state index contributed by atoms with van der Waals surface area (Å²) < 4.78 is 0. The fourth-order valence-electron chi connectivity index (χ4n) is 1.80. The van der Waals surface area contributed by atoms with Crippen LogP contribution in [0.25, 0.3) is 0 Å². The number of phenolic OH excluding ortho intramolecular Hbond substituents is 1. The SMILES string of the molecule is N[C@@H]1CCc2cccc(O)c2C1. The van der Waals surface area contributed by atoms with Crippen molar-refractivity contribution in [3.63, 3.8) is 0 Å². The van der Waals surface area contributed by atoms with Gasteiger partial charge in [0.25, 0.3) is 0 Å². The number of fused-ring (bicyclic) bond motifs is 1. The second-order valence-electron chi connectivity index (χ2n) is 3.42. The Kier molecular flexibility index (Phi) is 1.77. The Balaban J connectivity index is 2.43. The van der Waals surface area contributed by atoms with E-state index in [4.69, 9.17) is 5.73 Å². The lowest BCUT2D eigenvalue weighted by Crippen LogP contribution is -2.27. The molecule has 2 heteroatoms. The second kappa shape index (κ2) is 2.79. The van der Waals surface area contributed by atoms with Crippen molar-refractivity contribution in [2.75, 3.05) is 0 Å². The van der Waals surface area contributed by atoms with Crippen LogP contribution in [0, 0.1) is 0 Å². The summed E-state index contributed by atoms with van der Waals surface area (Å²) in [6.07, 6.45) is 2.86. The molecule has 1 aromatic rings. The van der Waals surface area contributed by atoms with Gasteiger partial charge in [-0.1, -0.05) is 12.1 Å². The van der Waals surface area contributed by atoms with Gasteiger partial charge in [-0.3, -0.25) is 0 Å². The second-order valence-corrected chi connectivity index (χ2v) is 3.42. The molecule has 0 saturated carbocycles. The van der Waals surface area contributed by atoms with Crippen LogP contribution in [0.2, 0.25) is 0 Å². The van der Waals surface area contributed by atoms with Crippen molar-refractivity contribution in [1.82, 2.24) is 0 Å². The van der Waals surface area contributed by atoms with Crippen LogP contribution in [0.4, 0.5) is 0 Å². The van der Waals surface area contributed by atoms with E-state index in [-0.39, 0.29) is 6.04 Å². The summed E-state index contributed by atoms with van der Waals surface area (Å²) in [6, 6.07) is 5.92. The first-order valence-corrected chi connectivity index (χ1v) is 4.32. The van der Waals surface area contributed by atoms with Crippen molar-refractivity contribution < 1.29 is 5.11 Å². The monoisotopic (exact) mass is 163 g/mol. The van der Waals surface area contributed by atoms with Crippen LogP contribution in [-0.2, 0) is 12.8 Å². The summed E-state index contributed by atoms with van der Waals surface area (Å²) in [5.74, 6) is 0.405. The van der Waals surface area contributed by atoms with Gasteiger partial charge in [-0.25, -0.2) is 0 Å². The fraction of sp³-hybridized carbons (Fsp3) is 0.400. The molecule has 1 atom stereocenters. The summed E-state index contributed by atoms with van der Waals surface area (Å²) in [7, 11) is 0. The normalized spacial score (nSPS) is 21.9. The largest absolute Gasteiger partial charge is 0.508 e. The average Bonchev–Trinajstić information content (AvgIpc) is 2.07. The zero-order chi connectivity index (χ0) is 8.55. The van der Waals surface area contributed by atoms with Gasteiger partial charge in [0.1, 0.15) is 5.75 Å². The molecular weight excluding hydrogens is 150 g/mol. The number of nitrogens with two attached hydrogens (primary N) is 1. The summed E-state index contributed by atoms with van der Waals surface area (Å²) in [5, 5.41) is 9.52. The number of hydrogen-bond donors (Lipinski definition) is 2. The van der Waals surface area contributed by atoms with Gasteiger partial charge in [-0.05, 0) is 36.5 Å². The molecule has 0 unspecified atom stereocenters. The summed E-state index contributed by atoms with van der Waals surface area (Å²) >= 11 is 0. The van der Waals surface area contributed by atoms with Crippen LogP contribution in [0.15, 0.2) is 18.2 Å². The maximum Gasteiger partial charge on any atom is 0.119 e. The molecule has 2 rings (SSSR count). The molecule has 0 saturated heterocycles. The fourth-order valence-corrected chi connectivity index (χ4v) is 1.80. The summed E-state index contributed by atoms with van der Waals surface area (Å²) in [6.45, 7) is 0. The molecule has 0 aliphatic heterocycles. The molecule has 0 radical (unpaired) electrons. The van der Waals surface area contributed by atoms with E-state index in [1.165, 1.54) is 5.56 Å². The van der Waals surface area contributed by atoms with Gasteiger partial charge in [0.15, 0.2) is 0 Å². The van der Waals surface area contributed by atoms with Crippen LogP contribution >= 0.6 is 0 Å². The number of benzene rings is 1. The third kappa shape index (κ3) is 1.18. The minimum absolute atomic E-state index is 0.228. The van der Waals surface area contributed by atoms with Crippen molar-refractivity contribution in [3.05, 3.63) is 29.3 Å². The van der Waals surface area contributed by atoms with E-state index in [0.717, 1.165) is 24.8 Å². The highest BCUT2D eigenvalue weighted by molar-refractivity contribution is 5.41. The molecule has 0 bridgehead atoms. The van der Waals surface area contributed by atoms with E-state index in [9.17, 15) is 5.11 Å². The van der Waals surface area contributed by atoms with Gasteiger partial charge in [-0.2, -0.15) is 0 Å². The minimum Gasteiger partial charge on any atom is -0.508 e. The molecule has 12 heavy (non-hydrogen) atoms. The zero-order valence-electron chi connectivity index (χ0n) is 6.96. The topological polar surface area (TPSA) is 46.2 Å². The maximum absolute atomic E-state index is 9.52. The van der Waals surface area contributed by atoms with Crippen molar-refractivity contribution in [2.24, 2.45) is 5.73 Å². The van der Waals surface area contributed by atoms with Crippen molar-refractivity contribution >= 4 is 0 Å². The van der Waals surface area contributed by atoms with E-state index in [1.54, 1.807) is 6.07 Å². The Morgan fingerprint density at radius 1 is 1.42 bits per heavy atom. The number of aryl methyl sites for hydroxylation is 1. The Morgan fingerprint density at radius 3 is 3.08 bits per heavy atom. The Labute approximate surface area is 72.0 Å². The minimum atomic E-state index is 0.228. The van der Waals surface area contributed by atoms with Crippen LogP contribution < -0.4 is 5.73 Å². The smallest absolute Gasteiger partial charge is 0.119 e. The molecular formula is C10H13NO. The highest BCUT2D eigenvalue weighted by Crippen LogP contribution is 2.27. The molecule has 1 aromatic carbocycles. The molecule has 1 aliphatic carbocycles. The zero-order valence-corrected chi connectivity index (χ0v) is 6.96. The van der Waals surface area contributed by atoms with Crippen molar-refractivity contribution in [1.29, 1.82) is 0 Å². The first kappa shape index (κ1) is 7.62. The first-order valence-electron chi connectivity index (χ1n) is 4.32. The van der Waals surface area contributed by atoms with Crippen LogP contribution in [-0.4, -0.2) is 11.1 Å². The number of aromatic hydroxyl groups is 1. The van der Waals surface area contributed by atoms with Crippen LogP contribution in [0.5, 0.6) is 5.75 Å². The van der Waals surface area contributed by atoms with E-state index >= 15 is 0 Å². The summed E-state index contributed by atoms with van der Waals surface area (Å²) in [5.41, 5.74) is 8.12. The number of hydrogen-bond acceptors (Lipinski definition) is 2. The van der Waals surface area contributed by atoms with E-state index in [1.807, 2.05) is 6.07 Å². The standard InChI is InChI=1S/C10H13NO/c11-8-5-4-7-2-1-3-10(12)9(7)6-8/h1-3,8,12H,4-6,11H2/t8-/m1/s1. The highest BCUT2D eigenvalue weighted by atomic mass is 16.3. The molecule has 0 heterocycles. The molecule has 0 amide bonds. The van der Waals surface area contributed by atoms with Crippen LogP contribution in [0.3, 0.4) is 0 Å². The predicted molar refractivity (Wildman–Crippen MR) is 48.1 cm³/mol. The third-order valence-electron chi connectivity index (χ3n) is 2.50. The molecule has 0 fully saturated rings. The van der Waals surface area contributed by atoms with Gasteiger partial charge in [0, 0.05) is 6.04 Å². The molecule has 1 aliphatic rings. The summed E-state index contributed by atoms with van der Waals surface area (Å²) in [4.78, 5) is 0.